The summed E-state index contributed by atoms with van der Waals surface area (Å²) in [6, 6.07) is -1.62. The number of aromatic nitrogens is 2. The molecule has 3 amide bonds. The van der Waals surface area contributed by atoms with Gasteiger partial charge in [-0.15, -0.1) is 0 Å². The van der Waals surface area contributed by atoms with Gasteiger partial charge in [0.25, 0.3) is 5.56 Å². The van der Waals surface area contributed by atoms with Crippen LogP contribution < -0.4 is 22.3 Å². The van der Waals surface area contributed by atoms with Crippen LogP contribution in [0.5, 0.6) is 0 Å². The lowest BCUT2D eigenvalue weighted by molar-refractivity contribution is -0.152. The number of aromatic amines is 1. The van der Waals surface area contributed by atoms with E-state index in [0.29, 0.717) is 0 Å². The van der Waals surface area contributed by atoms with E-state index in [1.807, 2.05) is 4.98 Å². The molecular weight excluding hydrogens is 414 g/mol. The molecule has 0 saturated heterocycles. The molecule has 13 nitrogen and oxygen atoms in total. The second-order valence-electron chi connectivity index (χ2n) is 7.74. The Balaban J connectivity index is 3.07. The van der Waals surface area contributed by atoms with Crippen molar-refractivity contribution in [1.29, 1.82) is 0 Å². The largest absolute Gasteiger partial charge is 0.480 e. The van der Waals surface area contributed by atoms with E-state index >= 15 is 0 Å². The number of H-pyrrole nitrogens is 1. The Labute approximate surface area is 177 Å². The summed E-state index contributed by atoms with van der Waals surface area (Å²) in [5.74, 6) is -3.29. The van der Waals surface area contributed by atoms with E-state index in [4.69, 9.17) is 10.5 Å². The number of hydrogen-bond acceptors (Lipinski definition) is 7. The van der Waals surface area contributed by atoms with Crippen LogP contribution in [-0.4, -0.2) is 68.2 Å². The van der Waals surface area contributed by atoms with Gasteiger partial charge in [-0.25, -0.2) is 14.4 Å². The van der Waals surface area contributed by atoms with Gasteiger partial charge in [-0.3, -0.25) is 23.9 Å². The predicted molar refractivity (Wildman–Crippen MR) is 107 cm³/mol. The molecule has 0 aliphatic carbocycles. The molecule has 1 rings (SSSR count). The number of nitrogens with one attached hydrogen (secondary N) is 2. The smallest absolute Gasteiger partial charge is 0.407 e. The van der Waals surface area contributed by atoms with Gasteiger partial charge >= 0.3 is 17.8 Å². The van der Waals surface area contributed by atoms with Crippen molar-refractivity contribution >= 4 is 23.9 Å². The van der Waals surface area contributed by atoms with Crippen LogP contribution in [0.2, 0.25) is 0 Å². The van der Waals surface area contributed by atoms with Crippen molar-refractivity contribution in [3.63, 3.8) is 0 Å². The molecule has 1 aromatic rings. The highest BCUT2D eigenvalue weighted by molar-refractivity contribution is 5.88. The molecule has 0 bridgehead atoms. The SMILES string of the molecule is Cc1cn(CC(=O)N(CCNC(=O)OC(C)(C)C)[C@@H](CC(N)=O)C(=O)O)c(=O)[nH]c1=O. The Morgan fingerprint density at radius 3 is 2.42 bits per heavy atom. The fourth-order valence-electron chi connectivity index (χ4n) is 2.54. The van der Waals surface area contributed by atoms with Crippen LogP contribution >= 0.6 is 0 Å². The minimum Gasteiger partial charge on any atom is -0.480 e. The Hall–Kier alpha value is -3.64. The number of ether oxygens (including phenoxy) is 1. The molecule has 0 aromatic carbocycles. The van der Waals surface area contributed by atoms with Crippen LogP contribution in [0.25, 0.3) is 0 Å². The van der Waals surface area contributed by atoms with Gasteiger partial charge in [-0.05, 0) is 27.7 Å². The number of nitrogens with two attached hydrogens (primary N) is 1. The van der Waals surface area contributed by atoms with E-state index in [2.05, 4.69) is 5.32 Å². The summed E-state index contributed by atoms with van der Waals surface area (Å²) in [6.07, 6.45) is -0.304. The highest BCUT2D eigenvalue weighted by atomic mass is 16.6. The first-order chi connectivity index (χ1) is 14.2. The number of amides is 3. The second kappa shape index (κ2) is 10.4. The summed E-state index contributed by atoms with van der Waals surface area (Å²) in [5.41, 5.74) is 3.02. The Kier molecular flexibility index (Phi) is 8.53. The molecule has 0 aliphatic rings. The standard InChI is InChI=1S/C18H27N5O8/c1-10-8-22(16(29)21-14(10)26)9-13(25)23(11(15(27)28)7-12(19)24)6-5-20-17(30)31-18(2,3)4/h8,11H,5-7,9H2,1-4H3,(H2,19,24)(H,20,30)(H,27,28)(H,21,26,29)/t11-/m0/s1. The van der Waals surface area contributed by atoms with Crippen LogP contribution in [0.15, 0.2) is 15.8 Å². The number of nitrogens with zero attached hydrogens (tertiary/aromatic N) is 2. The molecule has 31 heavy (non-hydrogen) atoms. The number of carbonyl (C=O) groups excluding carboxylic acids is 3. The summed E-state index contributed by atoms with van der Waals surface area (Å²) in [5, 5.41) is 11.9. The third-order valence-corrected chi connectivity index (χ3v) is 3.89. The molecule has 1 atom stereocenters. The number of alkyl carbamates (subject to hydrolysis) is 1. The van der Waals surface area contributed by atoms with Gasteiger partial charge < -0.3 is 25.8 Å². The van der Waals surface area contributed by atoms with Gasteiger partial charge in [-0.2, -0.15) is 0 Å². The van der Waals surface area contributed by atoms with Gasteiger partial charge in [0, 0.05) is 24.8 Å². The maximum atomic E-state index is 12.8. The van der Waals surface area contributed by atoms with Crippen LogP contribution in [0.4, 0.5) is 4.79 Å². The summed E-state index contributed by atoms with van der Waals surface area (Å²) in [7, 11) is 0. The molecule has 0 saturated carbocycles. The highest BCUT2D eigenvalue weighted by Crippen LogP contribution is 2.08. The lowest BCUT2D eigenvalue weighted by Gasteiger charge is -2.29. The minimum atomic E-state index is -1.62. The number of carboxylic acid groups (broad SMARTS) is 1. The minimum absolute atomic E-state index is 0.164. The fraction of sp³-hybridized carbons (Fsp3) is 0.556. The van der Waals surface area contributed by atoms with Crippen LogP contribution in [0, 0.1) is 6.92 Å². The first kappa shape index (κ1) is 25.4. The number of rotatable bonds is 9. The van der Waals surface area contributed by atoms with Gasteiger partial charge in [0.2, 0.25) is 11.8 Å². The van der Waals surface area contributed by atoms with Crippen LogP contribution in [-0.2, 0) is 25.7 Å². The van der Waals surface area contributed by atoms with Gasteiger partial charge in [0.05, 0.1) is 6.42 Å². The van der Waals surface area contributed by atoms with Gasteiger partial charge in [0.15, 0.2) is 0 Å². The molecule has 172 valence electrons. The van der Waals surface area contributed by atoms with E-state index < -0.39 is 59.7 Å². The number of aliphatic carboxylic acids is 1. The van der Waals surface area contributed by atoms with Crippen molar-refractivity contribution in [3.05, 3.63) is 32.6 Å². The molecule has 5 N–H and O–H groups in total. The van der Waals surface area contributed by atoms with E-state index in [1.165, 1.54) is 6.92 Å². The summed E-state index contributed by atoms with van der Waals surface area (Å²) < 4.78 is 5.96. The quantitative estimate of drug-likeness (QED) is 0.356. The average molecular weight is 441 g/mol. The number of primary amides is 1. The van der Waals surface area contributed by atoms with Crippen molar-refractivity contribution in [1.82, 2.24) is 19.8 Å². The Bertz CT molecular complexity index is 959. The van der Waals surface area contributed by atoms with Gasteiger partial charge in [0.1, 0.15) is 18.2 Å². The molecule has 0 unspecified atom stereocenters. The third kappa shape index (κ3) is 8.32. The van der Waals surface area contributed by atoms with Crippen molar-refractivity contribution in [2.45, 2.75) is 52.3 Å². The topological polar surface area (TPSA) is 194 Å². The number of aryl methyl sites for hydroxylation is 1. The summed E-state index contributed by atoms with van der Waals surface area (Å²) in [4.78, 5) is 73.8. The molecular formula is C18H27N5O8. The molecule has 13 heteroatoms. The molecule has 0 fully saturated rings. The number of hydrogen-bond donors (Lipinski definition) is 4. The fourth-order valence-corrected chi connectivity index (χ4v) is 2.54. The predicted octanol–water partition coefficient (Wildman–Crippen LogP) is -1.47. The first-order valence-corrected chi connectivity index (χ1v) is 9.29. The zero-order chi connectivity index (χ0) is 23.9. The van der Waals surface area contributed by atoms with Crippen molar-refractivity contribution in [2.24, 2.45) is 5.73 Å². The van der Waals surface area contributed by atoms with Crippen molar-refractivity contribution in [2.75, 3.05) is 13.1 Å². The molecule has 0 aliphatic heterocycles. The molecule has 0 spiro atoms. The monoisotopic (exact) mass is 441 g/mol. The molecule has 1 heterocycles. The van der Waals surface area contributed by atoms with Crippen LogP contribution in [0.3, 0.4) is 0 Å². The normalized spacial score (nSPS) is 12.0. The first-order valence-electron chi connectivity index (χ1n) is 9.29. The number of carboxylic acids is 1. The van der Waals surface area contributed by atoms with E-state index in [0.717, 1.165) is 15.7 Å². The molecule has 1 aromatic heterocycles. The van der Waals surface area contributed by atoms with E-state index in [-0.39, 0.29) is 18.7 Å². The van der Waals surface area contributed by atoms with E-state index in [9.17, 15) is 33.9 Å². The molecule has 0 radical (unpaired) electrons. The summed E-state index contributed by atoms with van der Waals surface area (Å²) >= 11 is 0. The maximum Gasteiger partial charge on any atom is 0.407 e. The average Bonchev–Trinajstić information content (AvgIpc) is 2.59. The zero-order valence-corrected chi connectivity index (χ0v) is 17.8. The maximum absolute atomic E-state index is 12.8. The Morgan fingerprint density at radius 1 is 1.29 bits per heavy atom. The Morgan fingerprint density at radius 2 is 1.90 bits per heavy atom. The highest BCUT2D eigenvalue weighted by Gasteiger charge is 2.31. The lowest BCUT2D eigenvalue weighted by Crippen LogP contribution is -2.51. The van der Waals surface area contributed by atoms with Crippen molar-refractivity contribution in [3.8, 4) is 0 Å². The lowest BCUT2D eigenvalue weighted by atomic mass is 10.1. The summed E-state index contributed by atoms with van der Waals surface area (Å²) in [6.45, 7) is 5.28. The van der Waals surface area contributed by atoms with Crippen LogP contribution in [0.1, 0.15) is 32.8 Å². The third-order valence-electron chi connectivity index (χ3n) is 3.89. The van der Waals surface area contributed by atoms with Gasteiger partial charge in [-0.1, -0.05) is 0 Å². The zero-order valence-electron chi connectivity index (χ0n) is 17.8. The van der Waals surface area contributed by atoms with Crippen molar-refractivity contribution < 1.29 is 29.0 Å². The van der Waals surface area contributed by atoms with E-state index in [1.54, 1.807) is 20.8 Å². The number of carbonyl (C=O) groups is 4. The second-order valence-corrected chi connectivity index (χ2v) is 7.74.